The molecule has 0 radical (unpaired) electrons. The SMILES string of the molecule is CCOC(=O)COc1cccc(NC(=O)c2[nH]c3ccc(Cl)cc3c2Cl)c1. The molecular weight excluding hydrogens is 391 g/mol. The van der Waals surface area contributed by atoms with E-state index < -0.39 is 11.9 Å². The van der Waals surface area contributed by atoms with Crippen LogP contribution in [0.25, 0.3) is 10.9 Å². The molecule has 1 amide bonds. The second kappa shape index (κ2) is 8.33. The molecule has 2 N–H and O–H groups in total. The van der Waals surface area contributed by atoms with Crippen molar-refractivity contribution in [1.29, 1.82) is 0 Å². The number of benzene rings is 2. The van der Waals surface area contributed by atoms with E-state index >= 15 is 0 Å². The molecule has 8 heteroatoms. The molecule has 0 unspecified atom stereocenters. The Balaban J connectivity index is 1.74. The van der Waals surface area contributed by atoms with E-state index in [0.29, 0.717) is 32.4 Å². The van der Waals surface area contributed by atoms with Crippen LogP contribution in [-0.2, 0) is 9.53 Å². The number of anilines is 1. The zero-order valence-electron chi connectivity index (χ0n) is 14.3. The Hall–Kier alpha value is -2.70. The molecule has 2 aromatic carbocycles. The van der Waals surface area contributed by atoms with Crippen molar-refractivity contribution >= 4 is 51.7 Å². The molecule has 0 saturated carbocycles. The summed E-state index contributed by atoms with van der Waals surface area (Å²) >= 11 is 12.3. The van der Waals surface area contributed by atoms with Crippen LogP contribution in [0.2, 0.25) is 10.0 Å². The van der Waals surface area contributed by atoms with Gasteiger partial charge in [0.1, 0.15) is 11.4 Å². The first-order chi connectivity index (χ1) is 13.0. The van der Waals surface area contributed by atoms with Gasteiger partial charge >= 0.3 is 5.97 Å². The van der Waals surface area contributed by atoms with Gasteiger partial charge in [-0.1, -0.05) is 29.3 Å². The highest BCUT2D eigenvalue weighted by Gasteiger charge is 2.17. The van der Waals surface area contributed by atoms with Crippen LogP contribution >= 0.6 is 23.2 Å². The number of amides is 1. The third-order valence-electron chi connectivity index (χ3n) is 3.68. The first-order valence-corrected chi connectivity index (χ1v) is 8.90. The third kappa shape index (κ3) is 4.53. The second-order valence-electron chi connectivity index (χ2n) is 5.58. The lowest BCUT2D eigenvalue weighted by atomic mass is 10.2. The highest BCUT2D eigenvalue weighted by molar-refractivity contribution is 6.40. The smallest absolute Gasteiger partial charge is 0.344 e. The number of rotatable bonds is 6. The summed E-state index contributed by atoms with van der Waals surface area (Å²) in [6.45, 7) is 1.80. The Bertz CT molecular complexity index is 1000. The maximum Gasteiger partial charge on any atom is 0.344 e. The number of nitrogens with one attached hydrogen (secondary N) is 2. The molecule has 0 aliphatic rings. The number of esters is 1. The van der Waals surface area contributed by atoms with Crippen LogP contribution in [0, 0.1) is 0 Å². The summed E-state index contributed by atoms with van der Waals surface area (Å²) in [4.78, 5) is 26.9. The fraction of sp³-hybridized carbons (Fsp3) is 0.158. The number of aromatic amines is 1. The van der Waals surface area contributed by atoms with E-state index in [0.717, 1.165) is 0 Å². The third-order valence-corrected chi connectivity index (χ3v) is 4.31. The lowest BCUT2D eigenvalue weighted by molar-refractivity contribution is -0.145. The molecule has 0 fully saturated rings. The molecule has 0 saturated heterocycles. The van der Waals surface area contributed by atoms with E-state index in [4.69, 9.17) is 32.7 Å². The minimum atomic E-state index is -0.463. The highest BCUT2D eigenvalue weighted by Crippen LogP contribution is 2.30. The van der Waals surface area contributed by atoms with Crippen LogP contribution in [0.4, 0.5) is 5.69 Å². The van der Waals surface area contributed by atoms with Gasteiger partial charge in [-0.3, -0.25) is 4.79 Å². The maximum absolute atomic E-state index is 12.6. The molecular formula is C19H16Cl2N2O4. The van der Waals surface area contributed by atoms with Crippen LogP contribution in [-0.4, -0.2) is 30.1 Å². The summed E-state index contributed by atoms with van der Waals surface area (Å²) in [7, 11) is 0. The monoisotopic (exact) mass is 406 g/mol. The fourth-order valence-electron chi connectivity index (χ4n) is 2.49. The summed E-state index contributed by atoms with van der Waals surface area (Å²) in [6.07, 6.45) is 0. The van der Waals surface area contributed by atoms with Gasteiger partial charge in [-0.15, -0.1) is 0 Å². The molecule has 3 rings (SSSR count). The number of carbonyl (C=O) groups is 2. The Morgan fingerprint density at radius 3 is 2.74 bits per heavy atom. The van der Waals surface area contributed by atoms with Crippen molar-refractivity contribution < 1.29 is 19.1 Å². The van der Waals surface area contributed by atoms with Crippen LogP contribution in [0.15, 0.2) is 42.5 Å². The normalized spacial score (nSPS) is 10.6. The number of halogens is 2. The van der Waals surface area contributed by atoms with Gasteiger partial charge in [-0.25, -0.2) is 4.79 Å². The topological polar surface area (TPSA) is 80.4 Å². The number of hydrogen-bond donors (Lipinski definition) is 2. The molecule has 0 atom stereocenters. The van der Waals surface area contributed by atoms with E-state index in [2.05, 4.69) is 10.3 Å². The number of H-pyrrole nitrogens is 1. The molecule has 1 heterocycles. The van der Waals surface area contributed by atoms with Gasteiger partial charge in [0.2, 0.25) is 0 Å². The van der Waals surface area contributed by atoms with Crippen molar-refractivity contribution in [2.24, 2.45) is 0 Å². The highest BCUT2D eigenvalue weighted by atomic mass is 35.5. The number of fused-ring (bicyclic) bond motifs is 1. The zero-order chi connectivity index (χ0) is 19.4. The summed E-state index contributed by atoms with van der Waals surface area (Å²) in [5, 5.41) is 4.23. The fourth-order valence-corrected chi connectivity index (χ4v) is 2.95. The minimum Gasteiger partial charge on any atom is -0.482 e. The lowest BCUT2D eigenvalue weighted by Crippen LogP contribution is -2.15. The summed E-state index contributed by atoms with van der Waals surface area (Å²) < 4.78 is 10.2. The van der Waals surface area contributed by atoms with Gasteiger partial charge in [0, 0.05) is 27.7 Å². The predicted octanol–water partition coefficient (Wildman–Crippen LogP) is 4.67. The van der Waals surface area contributed by atoms with E-state index in [1.807, 2.05) is 0 Å². The molecule has 6 nitrogen and oxygen atoms in total. The molecule has 3 aromatic rings. The Morgan fingerprint density at radius 1 is 1.15 bits per heavy atom. The Labute approximate surface area is 165 Å². The van der Waals surface area contributed by atoms with Crippen LogP contribution in [0.5, 0.6) is 5.75 Å². The van der Waals surface area contributed by atoms with Gasteiger partial charge in [0.05, 0.1) is 11.6 Å². The van der Waals surface area contributed by atoms with Crippen molar-refractivity contribution in [3.05, 3.63) is 58.2 Å². The Kier molecular flexibility index (Phi) is 5.88. The zero-order valence-corrected chi connectivity index (χ0v) is 15.9. The first-order valence-electron chi connectivity index (χ1n) is 8.14. The standard InChI is InChI=1S/C19H16Cl2N2O4/c1-2-26-16(24)10-27-13-5-3-4-12(9-13)22-19(25)18-17(21)14-8-11(20)6-7-15(14)23-18/h3-9,23H,2,10H2,1H3,(H,22,25). The van der Waals surface area contributed by atoms with Crippen LogP contribution < -0.4 is 10.1 Å². The summed E-state index contributed by atoms with van der Waals surface area (Å²) in [6, 6.07) is 11.8. The van der Waals surface area contributed by atoms with Gasteiger partial charge in [-0.2, -0.15) is 0 Å². The Morgan fingerprint density at radius 2 is 1.96 bits per heavy atom. The van der Waals surface area contributed by atoms with Gasteiger partial charge < -0.3 is 19.8 Å². The van der Waals surface area contributed by atoms with E-state index in [1.54, 1.807) is 49.4 Å². The van der Waals surface area contributed by atoms with E-state index in [-0.39, 0.29) is 18.9 Å². The molecule has 140 valence electrons. The maximum atomic E-state index is 12.6. The number of aromatic nitrogens is 1. The summed E-state index contributed by atoms with van der Waals surface area (Å²) in [5.41, 5.74) is 1.43. The average molecular weight is 407 g/mol. The lowest BCUT2D eigenvalue weighted by Gasteiger charge is -2.08. The number of hydrogen-bond acceptors (Lipinski definition) is 4. The quantitative estimate of drug-likeness (QED) is 0.582. The predicted molar refractivity (Wildman–Crippen MR) is 105 cm³/mol. The largest absolute Gasteiger partial charge is 0.482 e. The molecule has 0 aliphatic heterocycles. The van der Waals surface area contributed by atoms with E-state index in [9.17, 15) is 9.59 Å². The average Bonchev–Trinajstić information content (AvgIpc) is 2.97. The number of ether oxygens (including phenoxy) is 2. The minimum absolute atomic E-state index is 0.208. The molecule has 0 aliphatic carbocycles. The van der Waals surface area contributed by atoms with Crippen molar-refractivity contribution in [3.63, 3.8) is 0 Å². The van der Waals surface area contributed by atoms with Crippen molar-refractivity contribution in [3.8, 4) is 5.75 Å². The molecule has 27 heavy (non-hydrogen) atoms. The summed E-state index contributed by atoms with van der Waals surface area (Å²) in [5.74, 6) is -0.444. The van der Waals surface area contributed by atoms with Crippen LogP contribution in [0.1, 0.15) is 17.4 Å². The van der Waals surface area contributed by atoms with Gasteiger partial charge in [0.25, 0.3) is 5.91 Å². The van der Waals surface area contributed by atoms with Crippen molar-refractivity contribution in [2.75, 3.05) is 18.5 Å². The second-order valence-corrected chi connectivity index (χ2v) is 6.39. The van der Waals surface area contributed by atoms with Crippen molar-refractivity contribution in [2.45, 2.75) is 6.92 Å². The van der Waals surface area contributed by atoms with Crippen LogP contribution in [0.3, 0.4) is 0 Å². The molecule has 0 bridgehead atoms. The first kappa shape index (κ1) is 19.1. The number of carbonyl (C=O) groups excluding carboxylic acids is 2. The van der Waals surface area contributed by atoms with Crippen molar-refractivity contribution in [1.82, 2.24) is 4.98 Å². The van der Waals surface area contributed by atoms with Gasteiger partial charge in [0.15, 0.2) is 6.61 Å². The van der Waals surface area contributed by atoms with Gasteiger partial charge in [-0.05, 0) is 37.3 Å². The molecule has 1 aromatic heterocycles. The molecule has 0 spiro atoms. The van der Waals surface area contributed by atoms with E-state index in [1.165, 1.54) is 0 Å².